The number of Topliss-reactive ketones (excluding diaryl/α,β-unsaturated/α-hetero) is 1. The fraction of sp³-hybridized carbons (Fsp3) is 0.308. The highest BCUT2D eigenvalue weighted by atomic mass is 35.5. The number of fused-ring (bicyclic) bond motifs is 5. The Morgan fingerprint density at radius 1 is 0.821 bits per heavy atom. The van der Waals surface area contributed by atoms with Gasteiger partial charge in [-0.3, -0.25) is 19.2 Å². The first-order valence-corrected chi connectivity index (χ1v) is 14.3. The van der Waals surface area contributed by atoms with Crippen LogP contribution >= 0.6 is 81.2 Å². The molecule has 0 radical (unpaired) electrons. The maximum atomic E-state index is 14.1. The summed E-state index contributed by atoms with van der Waals surface area (Å²) in [4.78, 5) is 51.7. The van der Waals surface area contributed by atoms with E-state index in [2.05, 4.69) is 0 Å². The van der Waals surface area contributed by atoms with Crippen molar-refractivity contribution < 1.29 is 19.2 Å². The van der Waals surface area contributed by atoms with E-state index in [1.165, 1.54) is 24.3 Å². The van der Waals surface area contributed by atoms with Gasteiger partial charge in [0, 0.05) is 16.1 Å². The van der Waals surface area contributed by atoms with E-state index in [-0.39, 0.29) is 27.6 Å². The van der Waals surface area contributed by atoms with Crippen LogP contribution in [0.4, 0.5) is 0 Å². The number of ketones is 1. The van der Waals surface area contributed by atoms with Gasteiger partial charge in [-0.15, -0.1) is 23.2 Å². The molecule has 2 aromatic carbocycles. The second-order valence-electron chi connectivity index (χ2n) is 9.38. The van der Waals surface area contributed by atoms with Gasteiger partial charge in [0.25, 0.3) is 17.7 Å². The molecule has 6 nitrogen and oxygen atoms in total. The van der Waals surface area contributed by atoms with E-state index in [0.29, 0.717) is 10.0 Å². The number of rotatable bonds is 6. The number of hydrogen-bond donors (Lipinski definition) is 0. The normalized spacial score (nSPS) is 29.6. The Hall–Kier alpha value is -1.51. The van der Waals surface area contributed by atoms with Crippen LogP contribution in [0.3, 0.4) is 0 Å². The monoisotopic (exact) mass is 666 g/mol. The molecule has 3 aliphatic rings. The lowest BCUT2D eigenvalue weighted by atomic mass is 9.84. The van der Waals surface area contributed by atoms with Crippen LogP contribution in [0, 0.1) is 11.8 Å². The molecule has 0 aromatic heterocycles. The first-order valence-electron chi connectivity index (χ1n) is 11.6. The van der Waals surface area contributed by atoms with Crippen molar-refractivity contribution in [2.24, 2.45) is 11.8 Å². The van der Waals surface area contributed by atoms with Gasteiger partial charge in [-0.1, -0.05) is 95.3 Å². The highest BCUT2D eigenvalue weighted by molar-refractivity contribution is 6.66. The molecule has 2 aromatic rings. The number of halogens is 7. The number of amides is 3. The lowest BCUT2D eigenvalue weighted by Gasteiger charge is -2.39. The molecule has 5 atom stereocenters. The van der Waals surface area contributed by atoms with Crippen LogP contribution in [0.1, 0.15) is 34.1 Å². The Labute approximate surface area is 258 Å². The van der Waals surface area contributed by atoms with Gasteiger partial charge in [0.2, 0.25) is 0 Å². The van der Waals surface area contributed by atoms with Crippen molar-refractivity contribution in [1.29, 1.82) is 0 Å². The molecule has 1 heterocycles. The van der Waals surface area contributed by atoms with E-state index < -0.39 is 55.5 Å². The summed E-state index contributed by atoms with van der Waals surface area (Å²) in [6.07, 6.45) is 0.0478. The number of hydrazine groups is 1. The molecule has 0 unspecified atom stereocenters. The predicted molar refractivity (Wildman–Crippen MR) is 152 cm³/mol. The van der Waals surface area contributed by atoms with Crippen LogP contribution in [-0.2, 0) is 9.59 Å². The smallest absolute Gasteiger partial charge is 0.273 e. The largest absolute Gasteiger partial charge is 0.292 e. The average molecular weight is 670 g/mol. The van der Waals surface area contributed by atoms with Crippen molar-refractivity contribution in [3.8, 4) is 0 Å². The molecule has 1 aliphatic heterocycles. The summed E-state index contributed by atoms with van der Waals surface area (Å²) < 4.78 is -2.14. The third kappa shape index (κ3) is 3.69. The molecule has 2 fully saturated rings. The van der Waals surface area contributed by atoms with Gasteiger partial charge < -0.3 is 0 Å². The Balaban J connectivity index is 1.66. The van der Waals surface area contributed by atoms with Crippen LogP contribution in [0.25, 0.3) is 0 Å². The van der Waals surface area contributed by atoms with E-state index in [1.807, 2.05) is 0 Å². The minimum absolute atomic E-state index is 0.0478. The number of benzene rings is 2. The van der Waals surface area contributed by atoms with Gasteiger partial charge in [-0.2, -0.15) is 5.01 Å². The first kappa shape index (κ1) is 29.0. The molecule has 1 saturated heterocycles. The number of alkyl halides is 4. The zero-order valence-electron chi connectivity index (χ0n) is 19.8. The molecule has 0 spiro atoms. The Morgan fingerprint density at radius 3 is 1.77 bits per heavy atom. The SMILES string of the molecule is CC[C@H](C(=O)c1ccccc1)N(C(=O)c1ccc(Cl)cc1)N1C(=O)[C@@H]2[C@H](C1=O)[C@@]1(Cl)C(Cl)=C(Cl)[C@@]2(Cl)C1(Cl)Cl. The van der Waals surface area contributed by atoms with Crippen LogP contribution in [0.2, 0.25) is 5.02 Å². The third-order valence-electron chi connectivity index (χ3n) is 7.44. The molecular weight excluding hydrogens is 652 g/mol. The van der Waals surface area contributed by atoms with Crippen LogP contribution in [-0.4, -0.2) is 53.6 Å². The van der Waals surface area contributed by atoms with Gasteiger partial charge in [-0.05, 0) is 30.7 Å². The topological polar surface area (TPSA) is 74.8 Å². The lowest BCUT2D eigenvalue weighted by molar-refractivity contribution is -0.157. The second kappa shape index (κ2) is 9.80. The predicted octanol–water partition coefficient (Wildman–Crippen LogP) is 6.81. The van der Waals surface area contributed by atoms with E-state index in [0.717, 1.165) is 5.01 Å². The number of hydrogen-bond acceptors (Lipinski definition) is 4. The molecule has 3 amide bonds. The van der Waals surface area contributed by atoms with Gasteiger partial charge in [0.1, 0.15) is 15.8 Å². The minimum Gasteiger partial charge on any atom is -0.292 e. The summed E-state index contributed by atoms with van der Waals surface area (Å²) in [6, 6.07) is 12.7. The van der Waals surface area contributed by atoms with Gasteiger partial charge in [0.15, 0.2) is 10.1 Å². The third-order valence-corrected chi connectivity index (χ3v) is 12.0. The molecular formula is C26H17Cl7N2O4. The number of nitrogens with zero attached hydrogens (tertiary/aromatic N) is 2. The van der Waals surface area contributed by atoms with Crippen molar-refractivity contribution >= 4 is 105 Å². The zero-order chi connectivity index (χ0) is 28.7. The van der Waals surface area contributed by atoms with Gasteiger partial charge in [0.05, 0.1) is 21.9 Å². The highest BCUT2D eigenvalue weighted by Crippen LogP contribution is 2.77. The molecule has 2 bridgehead atoms. The van der Waals surface area contributed by atoms with Crippen molar-refractivity contribution in [2.45, 2.75) is 33.5 Å². The quantitative estimate of drug-likeness (QED) is 0.193. The zero-order valence-corrected chi connectivity index (χ0v) is 25.1. The molecule has 5 rings (SSSR count). The summed E-state index contributed by atoms with van der Waals surface area (Å²) in [5.74, 6) is -6.15. The maximum absolute atomic E-state index is 14.1. The molecule has 1 saturated carbocycles. The maximum Gasteiger partial charge on any atom is 0.273 e. The summed E-state index contributed by atoms with van der Waals surface area (Å²) in [5, 5.41) is 1.27. The van der Waals surface area contributed by atoms with Gasteiger partial charge in [-0.25, -0.2) is 5.01 Å². The van der Waals surface area contributed by atoms with Crippen LogP contribution in [0.15, 0.2) is 64.7 Å². The van der Waals surface area contributed by atoms with Crippen molar-refractivity contribution in [3.05, 3.63) is 80.8 Å². The first-order chi connectivity index (χ1) is 18.3. The Bertz CT molecular complexity index is 1400. The number of carbonyl (C=O) groups is 4. The summed E-state index contributed by atoms with van der Waals surface area (Å²) >= 11 is 45.6. The van der Waals surface area contributed by atoms with E-state index in [1.54, 1.807) is 37.3 Å². The summed E-state index contributed by atoms with van der Waals surface area (Å²) in [5.41, 5.74) is 0.340. The van der Waals surface area contributed by atoms with Crippen LogP contribution in [0.5, 0.6) is 0 Å². The molecule has 0 N–H and O–H groups in total. The number of carbonyl (C=O) groups excluding carboxylic acids is 4. The highest BCUT2D eigenvalue weighted by Gasteiger charge is 2.88. The second-order valence-corrected chi connectivity index (χ2v) is 13.1. The van der Waals surface area contributed by atoms with E-state index in [9.17, 15) is 19.2 Å². The number of imide groups is 1. The molecule has 2 aliphatic carbocycles. The molecule has 39 heavy (non-hydrogen) atoms. The van der Waals surface area contributed by atoms with Crippen molar-refractivity contribution in [2.75, 3.05) is 0 Å². The summed E-state index contributed by atoms with van der Waals surface area (Å²) in [7, 11) is 0. The van der Waals surface area contributed by atoms with E-state index in [4.69, 9.17) is 81.2 Å². The summed E-state index contributed by atoms with van der Waals surface area (Å²) in [6.45, 7) is 1.65. The average Bonchev–Trinajstić information content (AvgIpc) is 3.30. The fourth-order valence-electron chi connectivity index (χ4n) is 5.55. The number of allylic oxidation sites excluding steroid dienone is 2. The fourth-order valence-corrected chi connectivity index (χ4v) is 8.61. The molecule has 204 valence electrons. The van der Waals surface area contributed by atoms with E-state index >= 15 is 0 Å². The van der Waals surface area contributed by atoms with Crippen molar-refractivity contribution in [3.63, 3.8) is 0 Å². The van der Waals surface area contributed by atoms with Crippen LogP contribution < -0.4 is 0 Å². The van der Waals surface area contributed by atoms with Gasteiger partial charge >= 0.3 is 0 Å². The standard InChI is InChI=1S/C26H17Cl7N2O4/c1-2-15(18(36)12-6-4-3-5-7-12)34(21(37)13-8-10-14(27)11-9-13)35-22(38)16-17(23(35)39)25(31)20(29)19(28)24(16,30)26(25,32)33/h3-11,15-17H,2H2,1H3/t15-,16-,17+,24-,25-/m1/s1. The molecule has 13 heteroatoms. The van der Waals surface area contributed by atoms with Crippen molar-refractivity contribution in [1.82, 2.24) is 10.0 Å². The lowest BCUT2D eigenvalue weighted by Crippen LogP contribution is -2.60. The Morgan fingerprint density at radius 2 is 1.31 bits per heavy atom. The minimum atomic E-state index is -2.14. The Kier molecular flexibility index (Phi) is 7.29.